The average Bonchev–Trinajstić information content (AvgIpc) is 2.30. The summed E-state index contributed by atoms with van der Waals surface area (Å²) in [6, 6.07) is 5.99. The normalized spacial score (nSPS) is 10.6. The molecule has 0 bridgehead atoms. The van der Waals surface area contributed by atoms with Crippen molar-refractivity contribution >= 4 is 0 Å². The first-order valence-electron chi connectivity index (χ1n) is 6.18. The van der Waals surface area contributed by atoms with Gasteiger partial charge in [0.05, 0.1) is 13.7 Å². The van der Waals surface area contributed by atoms with E-state index in [1.54, 1.807) is 7.11 Å². The molecule has 3 nitrogen and oxygen atoms in total. The molecule has 0 unspecified atom stereocenters. The Hall–Kier alpha value is -1.22. The molecule has 0 saturated heterocycles. The van der Waals surface area contributed by atoms with Gasteiger partial charge in [-0.3, -0.25) is 0 Å². The number of rotatable bonds is 7. The first-order valence-corrected chi connectivity index (χ1v) is 6.18. The third kappa shape index (κ3) is 4.27. The van der Waals surface area contributed by atoms with Crippen LogP contribution in [0.25, 0.3) is 0 Å². The highest BCUT2D eigenvalue weighted by Gasteiger charge is 2.09. The van der Waals surface area contributed by atoms with E-state index in [0.717, 1.165) is 30.2 Å². The predicted molar refractivity (Wildman–Crippen MR) is 70.7 cm³/mol. The van der Waals surface area contributed by atoms with Crippen molar-refractivity contribution in [3.63, 3.8) is 0 Å². The summed E-state index contributed by atoms with van der Waals surface area (Å²) >= 11 is 0. The van der Waals surface area contributed by atoms with Crippen LogP contribution in [0.3, 0.4) is 0 Å². The molecule has 0 aromatic heterocycles. The highest BCUT2D eigenvalue weighted by atomic mass is 16.5. The maximum atomic E-state index is 5.65. The van der Waals surface area contributed by atoms with Gasteiger partial charge in [-0.2, -0.15) is 0 Å². The molecule has 1 rings (SSSR count). The third-order valence-corrected chi connectivity index (χ3v) is 2.44. The van der Waals surface area contributed by atoms with Crippen LogP contribution in [0.4, 0.5) is 0 Å². The van der Waals surface area contributed by atoms with Crippen LogP contribution < -0.4 is 14.8 Å². The summed E-state index contributed by atoms with van der Waals surface area (Å²) < 4.78 is 11.0. The monoisotopic (exact) mass is 237 g/mol. The summed E-state index contributed by atoms with van der Waals surface area (Å²) in [5, 5.41) is 3.42. The summed E-state index contributed by atoms with van der Waals surface area (Å²) in [5.74, 6) is 2.31. The zero-order valence-electron chi connectivity index (χ0n) is 11.2. The summed E-state index contributed by atoms with van der Waals surface area (Å²) in [6.45, 7) is 8.84. The minimum absolute atomic E-state index is 0.649. The third-order valence-electron chi connectivity index (χ3n) is 2.44. The second-order valence-corrected chi connectivity index (χ2v) is 4.41. The SMILES string of the molecule is CCOc1c(CNCC(C)C)cccc1OC. The van der Waals surface area contributed by atoms with Crippen LogP contribution in [0.2, 0.25) is 0 Å². The molecular formula is C14H23NO2. The van der Waals surface area contributed by atoms with E-state index in [-0.39, 0.29) is 0 Å². The van der Waals surface area contributed by atoms with Crippen LogP contribution >= 0.6 is 0 Å². The molecule has 0 saturated carbocycles. The molecule has 0 radical (unpaired) electrons. The molecule has 0 aliphatic carbocycles. The fourth-order valence-electron chi connectivity index (χ4n) is 1.66. The molecule has 96 valence electrons. The van der Waals surface area contributed by atoms with Crippen molar-refractivity contribution in [3.8, 4) is 11.5 Å². The first kappa shape index (κ1) is 13.8. The second kappa shape index (κ2) is 7.17. The van der Waals surface area contributed by atoms with Crippen molar-refractivity contribution in [1.82, 2.24) is 5.32 Å². The van der Waals surface area contributed by atoms with Gasteiger partial charge in [-0.25, -0.2) is 0 Å². The number of ether oxygens (including phenoxy) is 2. The lowest BCUT2D eigenvalue weighted by molar-refractivity contribution is 0.306. The average molecular weight is 237 g/mol. The number of hydrogen-bond acceptors (Lipinski definition) is 3. The van der Waals surface area contributed by atoms with E-state index in [2.05, 4.69) is 25.2 Å². The largest absolute Gasteiger partial charge is 0.493 e. The molecule has 1 N–H and O–H groups in total. The Morgan fingerprint density at radius 2 is 2.06 bits per heavy atom. The molecule has 3 heteroatoms. The Morgan fingerprint density at radius 3 is 2.65 bits per heavy atom. The van der Waals surface area contributed by atoms with Crippen LogP contribution in [0.15, 0.2) is 18.2 Å². The van der Waals surface area contributed by atoms with Crippen LogP contribution in [-0.4, -0.2) is 20.3 Å². The summed E-state index contributed by atoms with van der Waals surface area (Å²) in [7, 11) is 1.67. The first-order chi connectivity index (χ1) is 8.19. The zero-order valence-corrected chi connectivity index (χ0v) is 11.2. The molecular weight excluding hydrogens is 214 g/mol. The fraction of sp³-hybridized carbons (Fsp3) is 0.571. The summed E-state index contributed by atoms with van der Waals surface area (Å²) in [4.78, 5) is 0. The Kier molecular flexibility index (Phi) is 5.84. The van der Waals surface area contributed by atoms with E-state index in [0.29, 0.717) is 12.5 Å². The predicted octanol–water partition coefficient (Wildman–Crippen LogP) is 2.84. The molecule has 0 aliphatic heterocycles. The van der Waals surface area contributed by atoms with Crippen molar-refractivity contribution in [1.29, 1.82) is 0 Å². The fourth-order valence-corrected chi connectivity index (χ4v) is 1.66. The van der Waals surface area contributed by atoms with Crippen molar-refractivity contribution < 1.29 is 9.47 Å². The van der Waals surface area contributed by atoms with Gasteiger partial charge in [0.15, 0.2) is 11.5 Å². The molecule has 0 aliphatic rings. The summed E-state index contributed by atoms with van der Waals surface area (Å²) in [5.41, 5.74) is 1.15. The van der Waals surface area contributed by atoms with Crippen molar-refractivity contribution in [2.24, 2.45) is 5.92 Å². The molecule has 0 amide bonds. The lowest BCUT2D eigenvalue weighted by atomic mass is 10.1. The Bertz CT molecular complexity index is 337. The van der Waals surface area contributed by atoms with E-state index in [4.69, 9.17) is 9.47 Å². The summed E-state index contributed by atoms with van der Waals surface area (Å²) in [6.07, 6.45) is 0. The van der Waals surface area contributed by atoms with E-state index >= 15 is 0 Å². The Morgan fingerprint density at radius 1 is 1.29 bits per heavy atom. The van der Waals surface area contributed by atoms with Crippen LogP contribution in [0.5, 0.6) is 11.5 Å². The van der Waals surface area contributed by atoms with Gasteiger partial charge in [0.25, 0.3) is 0 Å². The van der Waals surface area contributed by atoms with Gasteiger partial charge in [-0.05, 0) is 25.5 Å². The minimum atomic E-state index is 0.649. The van der Waals surface area contributed by atoms with Gasteiger partial charge in [0, 0.05) is 12.1 Å². The van der Waals surface area contributed by atoms with E-state index < -0.39 is 0 Å². The standard InChI is InChI=1S/C14H23NO2/c1-5-17-14-12(10-15-9-11(2)3)7-6-8-13(14)16-4/h6-8,11,15H,5,9-10H2,1-4H3. The van der Waals surface area contributed by atoms with Gasteiger partial charge >= 0.3 is 0 Å². The number of methoxy groups -OCH3 is 1. The maximum absolute atomic E-state index is 5.65. The van der Waals surface area contributed by atoms with Gasteiger partial charge in [0.2, 0.25) is 0 Å². The van der Waals surface area contributed by atoms with Gasteiger partial charge in [-0.15, -0.1) is 0 Å². The van der Waals surface area contributed by atoms with Crippen LogP contribution in [0, 0.1) is 5.92 Å². The van der Waals surface area contributed by atoms with Crippen molar-refractivity contribution in [3.05, 3.63) is 23.8 Å². The minimum Gasteiger partial charge on any atom is -0.493 e. The lowest BCUT2D eigenvalue weighted by Crippen LogP contribution is -2.19. The molecule has 1 aromatic carbocycles. The van der Waals surface area contributed by atoms with Crippen molar-refractivity contribution in [2.75, 3.05) is 20.3 Å². The van der Waals surface area contributed by atoms with Crippen molar-refractivity contribution in [2.45, 2.75) is 27.3 Å². The number of para-hydroxylation sites is 1. The van der Waals surface area contributed by atoms with Crippen LogP contribution in [0.1, 0.15) is 26.3 Å². The number of hydrogen-bond donors (Lipinski definition) is 1. The van der Waals surface area contributed by atoms with E-state index in [9.17, 15) is 0 Å². The zero-order chi connectivity index (χ0) is 12.7. The Labute approximate surface area is 104 Å². The lowest BCUT2D eigenvalue weighted by Gasteiger charge is -2.15. The number of benzene rings is 1. The molecule has 1 aromatic rings. The maximum Gasteiger partial charge on any atom is 0.165 e. The highest BCUT2D eigenvalue weighted by Crippen LogP contribution is 2.30. The highest BCUT2D eigenvalue weighted by molar-refractivity contribution is 5.46. The van der Waals surface area contributed by atoms with E-state index in [1.165, 1.54) is 0 Å². The topological polar surface area (TPSA) is 30.5 Å². The number of nitrogens with one attached hydrogen (secondary N) is 1. The Balaban J connectivity index is 2.75. The molecule has 0 spiro atoms. The van der Waals surface area contributed by atoms with Crippen LogP contribution in [-0.2, 0) is 6.54 Å². The van der Waals surface area contributed by atoms with Gasteiger partial charge in [-0.1, -0.05) is 26.0 Å². The second-order valence-electron chi connectivity index (χ2n) is 4.41. The quantitative estimate of drug-likeness (QED) is 0.791. The van der Waals surface area contributed by atoms with Gasteiger partial charge < -0.3 is 14.8 Å². The molecule has 0 fully saturated rings. The molecule has 17 heavy (non-hydrogen) atoms. The van der Waals surface area contributed by atoms with E-state index in [1.807, 2.05) is 19.1 Å². The smallest absolute Gasteiger partial charge is 0.165 e. The van der Waals surface area contributed by atoms with Gasteiger partial charge in [0.1, 0.15) is 0 Å². The molecule has 0 atom stereocenters. The molecule has 0 heterocycles.